The summed E-state index contributed by atoms with van der Waals surface area (Å²) in [6.07, 6.45) is 5.61. The number of rotatable bonds is 6. The number of carbonyl (C=O) groups excluding carboxylic acids is 1. The Morgan fingerprint density at radius 1 is 0.967 bits per heavy atom. The number of aryl methyl sites for hydroxylation is 2. The molecule has 0 atom stereocenters. The Labute approximate surface area is 178 Å². The third-order valence-electron chi connectivity index (χ3n) is 5.99. The third-order valence-corrected chi connectivity index (χ3v) is 8.02. The van der Waals surface area contributed by atoms with Crippen LogP contribution in [0.5, 0.6) is 0 Å². The topological polar surface area (TPSA) is 66.5 Å². The maximum atomic E-state index is 13.1. The number of allylic oxidation sites excluding steroid dienone is 1. The molecule has 2 aromatic rings. The fraction of sp³-hybridized carbons (Fsp3) is 0.375. The highest BCUT2D eigenvalue weighted by Gasteiger charge is 2.32. The molecule has 0 unspecified atom stereocenters. The van der Waals surface area contributed by atoms with Gasteiger partial charge in [-0.15, -0.1) is 0 Å². The molecule has 0 aromatic heterocycles. The van der Waals surface area contributed by atoms with Crippen LogP contribution < -0.4 is 5.32 Å². The monoisotopic (exact) mass is 424 g/mol. The molecule has 0 saturated carbocycles. The van der Waals surface area contributed by atoms with Gasteiger partial charge in [-0.2, -0.15) is 4.31 Å². The van der Waals surface area contributed by atoms with Gasteiger partial charge in [0.15, 0.2) is 0 Å². The summed E-state index contributed by atoms with van der Waals surface area (Å²) in [5, 5.41) is 3.08. The first-order valence-corrected chi connectivity index (χ1v) is 12.1. The minimum Gasteiger partial charge on any atom is -0.353 e. The van der Waals surface area contributed by atoms with Gasteiger partial charge < -0.3 is 5.32 Å². The van der Waals surface area contributed by atoms with Crippen molar-refractivity contribution in [2.75, 3.05) is 13.1 Å². The van der Waals surface area contributed by atoms with Crippen molar-refractivity contribution in [3.63, 3.8) is 0 Å². The van der Waals surface area contributed by atoms with E-state index in [4.69, 9.17) is 0 Å². The van der Waals surface area contributed by atoms with Gasteiger partial charge in [0, 0.05) is 25.6 Å². The highest BCUT2D eigenvalue weighted by Crippen LogP contribution is 2.30. The van der Waals surface area contributed by atoms with E-state index in [2.05, 4.69) is 11.4 Å². The molecule has 1 N–H and O–H groups in total. The second-order valence-electron chi connectivity index (χ2n) is 8.04. The van der Waals surface area contributed by atoms with Crippen LogP contribution in [-0.4, -0.2) is 37.8 Å². The zero-order valence-electron chi connectivity index (χ0n) is 17.1. The second kappa shape index (κ2) is 9.14. The predicted octanol–water partition coefficient (Wildman–Crippen LogP) is 3.52. The maximum absolute atomic E-state index is 13.1. The number of hydrogen-bond acceptors (Lipinski definition) is 3. The van der Waals surface area contributed by atoms with Crippen molar-refractivity contribution >= 4 is 22.0 Å². The molecule has 0 radical (unpaired) electrons. The van der Waals surface area contributed by atoms with Crippen LogP contribution in [0.1, 0.15) is 42.4 Å². The number of hydrogen-bond donors (Lipinski definition) is 1. The highest BCUT2D eigenvalue weighted by molar-refractivity contribution is 7.93. The Kier molecular flexibility index (Phi) is 6.35. The van der Waals surface area contributed by atoms with Crippen molar-refractivity contribution in [1.29, 1.82) is 0 Å². The molecule has 1 aliphatic heterocycles. The molecule has 1 aliphatic carbocycles. The average molecular weight is 425 g/mol. The summed E-state index contributed by atoms with van der Waals surface area (Å²) in [4.78, 5) is 12.8. The number of benzene rings is 2. The van der Waals surface area contributed by atoms with Gasteiger partial charge in [0.25, 0.3) is 0 Å². The quantitative estimate of drug-likeness (QED) is 0.772. The average Bonchev–Trinajstić information content (AvgIpc) is 2.78. The highest BCUT2D eigenvalue weighted by atomic mass is 32.2. The molecule has 1 saturated heterocycles. The van der Waals surface area contributed by atoms with Crippen LogP contribution in [-0.2, 0) is 27.7 Å². The van der Waals surface area contributed by atoms with Crippen LogP contribution in [0.25, 0.3) is 6.08 Å². The summed E-state index contributed by atoms with van der Waals surface area (Å²) < 4.78 is 27.8. The molecule has 1 amide bonds. The van der Waals surface area contributed by atoms with E-state index in [1.165, 1.54) is 5.56 Å². The van der Waals surface area contributed by atoms with E-state index >= 15 is 0 Å². The molecule has 158 valence electrons. The molecule has 0 bridgehead atoms. The van der Waals surface area contributed by atoms with Gasteiger partial charge in [0.05, 0.1) is 4.91 Å². The van der Waals surface area contributed by atoms with E-state index in [9.17, 15) is 13.2 Å². The van der Waals surface area contributed by atoms with E-state index in [-0.39, 0.29) is 11.9 Å². The van der Waals surface area contributed by atoms with Gasteiger partial charge in [-0.25, -0.2) is 8.42 Å². The van der Waals surface area contributed by atoms with Crippen molar-refractivity contribution in [3.8, 4) is 0 Å². The Bertz CT molecular complexity index is 1020. The largest absolute Gasteiger partial charge is 0.353 e. The molecule has 5 nitrogen and oxygen atoms in total. The summed E-state index contributed by atoms with van der Waals surface area (Å²) in [5.74, 6) is 0.0340. The number of carbonyl (C=O) groups is 1. The van der Waals surface area contributed by atoms with Gasteiger partial charge in [0.2, 0.25) is 15.9 Å². The van der Waals surface area contributed by atoms with Crippen LogP contribution in [0.3, 0.4) is 0 Å². The number of fused-ring (bicyclic) bond motifs is 1. The lowest BCUT2D eigenvalue weighted by atomic mass is 9.98. The number of amides is 1. The second-order valence-corrected chi connectivity index (χ2v) is 10.0. The van der Waals surface area contributed by atoms with Crippen LogP contribution in [0, 0.1) is 0 Å². The van der Waals surface area contributed by atoms with Crippen LogP contribution >= 0.6 is 0 Å². The molecular formula is C24H28N2O3S. The third kappa shape index (κ3) is 4.82. The van der Waals surface area contributed by atoms with E-state index in [1.54, 1.807) is 4.31 Å². The van der Waals surface area contributed by atoms with E-state index < -0.39 is 10.0 Å². The van der Waals surface area contributed by atoms with E-state index in [0.717, 1.165) is 24.0 Å². The first-order valence-electron chi connectivity index (χ1n) is 10.6. The molecule has 1 heterocycles. The molecule has 2 aromatic carbocycles. The number of piperidine rings is 1. The van der Waals surface area contributed by atoms with Crippen molar-refractivity contribution in [2.45, 2.75) is 44.6 Å². The fourth-order valence-corrected chi connectivity index (χ4v) is 5.88. The number of sulfonamides is 1. The summed E-state index contributed by atoms with van der Waals surface area (Å²) in [7, 11) is -3.44. The molecule has 1 fully saturated rings. The van der Waals surface area contributed by atoms with Gasteiger partial charge in [0.1, 0.15) is 0 Å². The van der Waals surface area contributed by atoms with Gasteiger partial charge >= 0.3 is 0 Å². The standard InChI is InChI=1S/C24H28N2O3S/c27-24(13-10-19-6-2-1-3-7-19)25-22-14-16-26(17-15-22)30(28,29)23-12-11-20-8-4-5-9-21(20)18-23/h1-9,18,22H,10-17H2,(H,25,27). The van der Waals surface area contributed by atoms with Gasteiger partial charge in [-0.3, -0.25) is 4.79 Å². The first-order chi connectivity index (χ1) is 14.5. The van der Waals surface area contributed by atoms with Crippen LogP contribution in [0.4, 0.5) is 0 Å². The van der Waals surface area contributed by atoms with Crippen LogP contribution in [0.15, 0.2) is 59.5 Å². The van der Waals surface area contributed by atoms with Crippen molar-refractivity contribution in [2.24, 2.45) is 0 Å². The van der Waals surface area contributed by atoms with Crippen molar-refractivity contribution in [1.82, 2.24) is 9.62 Å². The van der Waals surface area contributed by atoms with E-state index in [1.807, 2.05) is 54.6 Å². The molecule has 30 heavy (non-hydrogen) atoms. The predicted molar refractivity (Wildman–Crippen MR) is 119 cm³/mol. The molecule has 2 aliphatic rings. The Hall–Kier alpha value is -2.44. The summed E-state index contributed by atoms with van der Waals surface area (Å²) >= 11 is 0. The Balaban J connectivity index is 1.30. The minimum atomic E-state index is -3.44. The smallest absolute Gasteiger partial charge is 0.239 e. The molecular weight excluding hydrogens is 396 g/mol. The lowest BCUT2D eigenvalue weighted by Crippen LogP contribution is -2.46. The van der Waals surface area contributed by atoms with Gasteiger partial charge in [-0.1, -0.05) is 54.6 Å². The minimum absolute atomic E-state index is 0.0340. The summed E-state index contributed by atoms with van der Waals surface area (Å²) in [5.41, 5.74) is 3.35. The zero-order chi connectivity index (χ0) is 21.0. The molecule has 0 spiro atoms. The SMILES string of the molecule is O=C(CCc1ccccc1)NC1CCN(S(=O)(=O)C2=Cc3ccccc3CC2)CC1. The van der Waals surface area contributed by atoms with Crippen LogP contribution in [0.2, 0.25) is 0 Å². The summed E-state index contributed by atoms with van der Waals surface area (Å²) in [6, 6.07) is 18.0. The number of nitrogens with zero attached hydrogens (tertiary/aromatic N) is 1. The normalized spacial score (nSPS) is 17.8. The Morgan fingerprint density at radius 3 is 2.43 bits per heavy atom. The fourth-order valence-electron chi connectivity index (χ4n) is 4.22. The first kappa shape index (κ1) is 20.8. The number of nitrogens with one attached hydrogen (secondary N) is 1. The van der Waals surface area contributed by atoms with Crippen molar-refractivity contribution < 1.29 is 13.2 Å². The lowest BCUT2D eigenvalue weighted by molar-refractivity contribution is -0.122. The van der Waals surface area contributed by atoms with E-state index in [0.29, 0.717) is 43.7 Å². The zero-order valence-corrected chi connectivity index (χ0v) is 17.9. The summed E-state index contributed by atoms with van der Waals surface area (Å²) in [6.45, 7) is 0.899. The van der Waals surface area contributed by atoms with Crippen molar-refractivity contribution in [3.05, 3.63) is 76.2 Å². The molecule has 6 heteroatoms. The Morgan fingerprint density at radius 2 is 1.67 bits per heavy atom. The molecule has 4 rings (SSSR count). The van der Waals surface area contributed by atoms with Gasteiger partial charge in [-0.05, 0) is 54.9 Å². The maximum Gasteiger partial charge on any atom is 0.239 e. The lowest BCUT2D eigenvalue weighted by Gasteiger charge is -2.33.